The van der Waals surface area contributed by atoms with Gasteiger partial charge in [0.15, 0.2) is 5.75 Å². The van der Waals surface area contributed by atoms with Gasteiger partial charge in [-0.25, -0.2) is 0 Å². The molecule has 4 aromatic carbocycles. The summed E-state index contributed by atoms with van der Waals surface area (Å²) >= 11 is 6.13. The molecule has 0 aromatic heterocycles. The zero-order chi connectivity index (χ0) is 21.5. The molecule has 0 saturated heterocycles. The molecule has 4 rings (SSSR count). The van der Waals surface area contributed by atoms with Gasteiger partial charge >= 0.3 is 0 Å². The molecule has 31 heavy (non-hydrogen) atoms. The van der Waals surface area contributed by atoms with Crippen LogP contribution in [0.3, 0.4) is 0 Å². The molecule has 0 aliphatic rings. The highest BCUT2D eigenvalue weighted by Crippen LogP contribution is 2.32. The molecule has 0 saturated carbocycles. The summed E-state index contributed by atoms with van der Waals surface area (Å²) in [6.45, 7) is 0.467. The molecule has 0 atom stereocenters. The summed E-state index contributed by atoms with van der Waals surface area (Å²) in [6.07, 6.45) is 0. The van der Waals surface area contributed by atoms with Crippen molar-refractivity contribution < 1.29 is 14.3 Å². The Bertz CT molecular complexity index is 1150. The van der Waals surface area contributed by atoms with E-state index in [2.05, 4.69) is 5.32 Å². The number of anilines is 1. The molecular formula is C26H20ClNO3. The molecule has 0 aliphatic heterocycles. The van der Waals surface area contributed by atoms with Crippen LogP contribution in [0.4, 0.5) is 5.69 Å². The van der Waals surface area contributed by atoms with Gasteiger partial charge < -0.3 is 14.8 Å². The first-order chi connectivity index (χ1) is 15.2. The highest BCUT2D eigenvalue weighted by Gasteiger charge is 2.12. The number of carbonyl (C=O) groups excluding carboxylic acids is 1. The second-order valence-electron chi connectivity index (χ2n) is 6.81. The summed E-state index contributed by atoms with van der Waals surface area (Å²) in [5.74, 6) is 1.60. The van der Waals surface area contributed by atoms with Crippen molar-refractivity contribution in [2.45, 2.75) is 6.61 Å². The monoisotopic (exact) mass is 429 g/mol. The van der Waals surface area contributed by atoms with Crippen LogP contribution >= 0.6 is 11.6 Å². The van der Waals surface area contributed by atoms with E-state index in [1.54, 1.807) is 42.5 Å². The highest BCUT2D eigenvalue weighted by molar-refractivity contribution is 6.31. The average Bonchev–Trinajstić information content (AvgIpc) is 2.81. The molecule has 0 unspecified atom stereocenters. The van der Waals surface area contributed by atoms with Gasteiger partial charge in [0.05, 0.1) is 5.69 Å². The van der Waals surface area contributed by atoms with E-state index in [0.717, 1.165) is 5.56 Å². The summed E-state index contributed by atoms with van der Waals surface area (Å²) in [6, 6.07) is 31.4. The number of hydrogen-bond donors (Lipinski definition) is 1. The molecule has 5 heteroatoms. The van der Waals surface area contributed by atoms with Crippen molar-refractivity contribution >= 4 is 23.2 Å². The number of amides is 1. The minimum atomic E-state index is -0.269. The van der Waals surface area contributed by atoms with E-state index in [0.29, 0.717) is 40.1 Å². The fourth-order valence-corrected chi connectivity index (χ4v) is 3.11. The van der Waals surface area contributed by atoms with Gasteiger partial charge in [0.2, 0.25) is 0 Å². The van der Waals surface area contributed by atoms with Gasteiger partial charge in [-0.05, 0) is 60.2 Å². The van der Waals surface area contributed by atoms with E-state index < -0.39 is 0 Å². The first-order valence-corrected chi connectivity index (χ1v) is 10.2. The molecule has 4 aromatic rings. The molecule has 0 spiro atoms. The zero-order valence-electron chi connectivity index (χ0n) is 16.6. The fraction of sp³-hybridized carbons (Fsp3) is 0.0385. The molecule has 0 fully saturated rings. The van der Waals surface area contributed by atoms with Crippen LogP contribution in [0.2, 0.25) is 5.02 Å². The van der Waals surface area contributed by atoms with Crippen LogP contribution in [-0.4, -0.2) is 5.91 Å². The average molecular weight is 430 g/mol. The lowest BCUT2D eigenvalue weighted by atomic mass is 10.2. The first kappa shape index (κ1) is 20.5. The van der Waals surface area contributed by atoms with Crippen molar-refractivity contribution in [1.82, 2.24) is 0 Å². The van der Waals surface area contributed by atoms with Crippen LogP contribution in [0.15, 0.2) is 103 Å². The second-order valence-corrected chi connectivity index (χ2v) is 7.24. The third kappa shape index (κ3) is 5.65. The van der Waals surface area contributed by atoms with E-state index in [-0.39, 0.29) is 5.91 Å². The van der Waals surface area contributed by atoms with Gasteiger partial charge in [-0.3, -0.25) is 4.79 Å². The lowest BCUT2D eigenvalue weighted by molar-refractivity contribution is 0.102. The Morgan fingerprint density at radius 2 is 1.45 bits per heavy atom. The number of carbonyl (C=O) groups is 1. The Morgan fingerprint density at radius 3 is 2.16 bits per heavy atom. The molecule has 1 amide bonds. The van der Waals surface area contributed by atoms with Crippen molar-refractivity contribution in [1.29, 1.82) is 0 Å². The number of halogens is 1. The number of ether oxygens (including phenoxy) is 2. The molecule has 0 heterocycles. The summed E-state index contributed by atoms with van der Waals surface area (Å²) < 4.78 is 11.7. The molecule has 0 radical (unpaired) electrons. The number of hydrogen-bond acceptors (Lipinski definition) is 3. The van der Waals surface area contributed by atoms with Gasteiger partial charge in [0.1, 0.15) is 18.1 Å². The lowest BCUT2D eigenvalue weighted by Gasteiger charge is -2.13. The summed E-state index contributed by atoms with van der Waals surface area (Å²) in [5.41, 5.74) is 2.07. The van der Waals surface area contributed by atoms with E-state index >= 15 is 0 Å². The Balaban J connectivity index is 1.43. The third-order valence-corrected chi connectivity index (χ3v) is 4.76. The third-order valence-electron chi connectivity index (χ3n) is 4.53. The largest absolute Gasteiger partial charge is 0.489 e. The van der Waals surface area contributed by atoms with Crippen LogP contribution in [0.25, 0.3) is 0 Å². The lowest BCUT2D eigenvalue weighted by Crippen LogP contribution is -2.12. The molecule has 0 aliphatic carbocycles. The minimum Gasteiger partial charge on any atom is -0.489 e. The summed E-state index contributed by atoms with van der Waals surface area (Å²) in [7, 11) is 0. The van der Waals surface area contributed by atoms with E-state index in [4.69, 9.17) is 21.1 Å². The molecule has 4 nitrogen and oxygen atoms in total. The predicted molar refractivity (Wildman–Crippen MR) is 123 cm³/mol. The maximum absolute atomic E-state index is 12.8. The molecule has 154 valence electrons. The van der Waals surface area contributed by atoms with E-state index in [1.807, 2.05) is 60.7 Å². The Morgan fingerprint density at radius 1 is 0.774 bits per heavy atom. The standard InChI is InChI=1S/C26H20ClNO3/c27-21-13-16-25(31-23-9-5-2-6-10-23)24(17-21)28-26(29)20-11-14-22(15-12-20)30-18-19-7-3-1-4-8-19/h1-17H,18H2,(H,28,29). The van der Waals surface area contributed by atoms with Crippen molar-refractivity contribution in [3.63, 3.8) is 0 Å². The van der Waals surface area contributed by atoms with Crippen molar-refractivity contribution in [3.8, 4) is 17.2 Å². The van der Waals surface area contributed by atoms with Crippen molar-refractivity contribution in [2.24, 2.45) is 0 Å². The Hall–Kier alpha value is -3.76. The minimum absolute atomic E-state index is 0.269. The first-order valence-electron chi connectivity index (χ1n) is 9.78. The predicted octanol–water partition coefficient (Wildman–Crippen LogP) is 6.96. The zero-order valence-corrected chi connectivity index (χ0v) is 17.4. The number of nitrogens with one attached hydrogen (secondary N) is 1. The van der Waals surface area contributed by atoms with Crippen LogP contribution in [0, 0.1) is 0 Å². The molecule has 1 N–H and O–H groups in total. The molecular weight excluding hydrogens is 410 g/mol. The Kier molecular flexibility index (Phi) is 6.50. The number of para-hydroxylation sites is 1. The van der Waals surface area contributed by atoms with Crippen LogP contribution in [-0.2, 0) is 6.61 Å². The second kappa shape index (κ2) is 9.83. The topological polar surface area (TPSA) is 47.6 Å². The van der Waals surface area contributed by atoms with Crippen molar-refractivity contribution in [3.05, 3.63) is 119 Å². The smallest absolute Gasteiger partial charge is 0.255 e. The normalized spacial score (nSPS) is 10.4. The van der Waals surface area contributed by atoms with Gasteiger partial charge in [-0.2, -0.15) is 0 Å². The fourth-order valence-electron chi connectivity index (χ4n) is 2.94. The van der Waals surface area contributed by atoms with E-state index in [1.165, 1.54) is 0 Å². The molecule has 0 bridgehead atoms. The maximum atomic E-state index is 12.8. The summed E-state index contributed by atoms with van der Waals surface area (Å²) in [4.78, 5) is 12.8. The number of benzene rings is 4. The summed E-state index contributed by atoms with van der Waals surface area (Å²) in [5, 5.41) is 3.38. The van der Waals surface area contributed by atoms with Gasteiger partial charge in [-0.15, -0.1) is 0 Å². The number of rotatable bonds is 7. The highest BCUT2D eigenvalue weighted by atomic mass is 35.5. The van der Waals surface area contributed by atoms with Gasteiger partial charge in [0.25, 0.3) is 5.91 Å². The van der Waals surface area contributed by atoms with Crippen LogP contribution in [0.1, 0.15) is 15.9 Å². The van der Waals surface area contributed by atoms with Gasteiger partial charge in [-0.1, -0.05) is 60.1 Å². The van der Waals surface area contributed by atoms with Crippen LogP contribution in [0.5, 0.6) is 17.2 Å². The SMILES string of the molecule is O=C(Nc1cc(Cl)ccc1Oc1ccccc1)c1ccc(OCc2ccccc2)cc1. The van der Waals surface area contributed by atoms with Crippen LogP contribution < -0.4 is 14.8 Å². The maximum Gasteiger partial charge on any atom is 0.255 e. The van der Waals surface area contributed by atoms with Gasteiger partial charge in [0, 0.05) is 10.6 Å². The van der Waals surface area contributed by atoms with Crippen molar-refractivity contribution in [2.75, 3.05) is 5.32 Å². The quantitative estimate of drug-likeness (QED) is 0.345. The van der Waals surface area contributed by atoms with E-state index in [9.17, 15) is 4.79 Å². The Labute approximate surface area is 186 Å².